The molecule has 0 fully saturated rings. The highest BCUT2D eigenvalue weighted by atomic mass is 16.2. The average molecular weight is 747 g/mol. The van der Waals surface area contributed by atoms with Crippen LogP contribution in [0.4, 0.5) is 11.4 Å². The molecular formula is C43H46N4O8. The fourth-order valence-electron chi connectivity index (χ4n) is 7.63. The van der Waals surface area contributed by atoms with E-state index in [0.717, 1.165) is 46.2 Å². The summed E-state index contributed by atoms with van der Waals surface area (Å²) in [6, 6.07) is 7.63. The number of amides is 8. The highest BCUT2D eigenvalue weighted by molar-refractivity contribution is 6.29. The molecule has 12 nitrogen and oxygen atoms in total. The summed E-state index contributed by atoms with van der Waals surface area (Å²) in [4.78, 5) is 99.8. The number of anilines is 2. The van der Waals surface area contributed by atoms with E-state index in [1.807, 2.05) is 58.9 Å². The van der Waals surface area contributed by atoms with E-state index in [4.69, 9.17) is 0 Å². The van der Waals surface area contributed by atoms with Gasteiger partial charge in [-0.3, -0.25) is 48.2 Å². The number of nitrogens with zero attached hydrogens (tertiary/aromatic N) is 4. The van der Waals surface area contributed by atoms with E-state index < -0.39 is 0 Å². The van der Waals surface area contributed by atoms with Gasteiger partial charge >= 0.3 is 0 Å². The summed E-state index contributed by atoms with van der Waals surface area (Å²) in [5.41, 5.74) is 7.39. The summed E-state index contributed by atoms with van der Waals surface area (Å²) in [6.07, 6.45) is 13.1. The van der Waals surface area contributed by atoms with Crippen LogP contribution in [0, 0.1) is 25.2 Å². The smallest absolute Gasteiger partial charge is 0.258 e. The number of benzene rings is 2. The molecule has 6 rings (SSSR count). The molecule has 1 unspecified atom stereocenters. The van der Waals surface area contributed by atoms with E-state index in [2.05, 4.69) is 13.8 Å². The molecule has 1 atom stereocenters. The zero-order valence-electron chi connectivity index (χ0n) is 32.3. The minimum atomic E-state index is -0.325. The third-order valence-corrected chi connectivity index (χ3v) is 10.1. The van der Waals surface area contributed by atoms with E-state index in [-0.39, 0.29) is 58.6 Å². The molecule has 8 amide bonds. The molecule has 4 aliphatic heterocycles. The normalized spacial score (nSPS) is 17.2. The molecule has 0 N–H and O–H groups in total. The Balaban J connectivity index is 0.000000229. The molecule has 0 aromatic heterocycles. The van der Waals surface area contributed by atoms with Crippen molar-refractivity contribution in [3.63, 3.8) is 0 Å². The van der Waals surface area contributed by atoms with Gasteiger partial charge in [-0.25, -0.2) is 9.80 Å². The molecule has 0 saturated heterocycles. The maximum Gasteiger partial charge on any atom is 0.258 e. The van der Waals surface area contributed by atoms with E-state index in [9.17, 15) is 38.4 Å². The Labute approximate surface area is 320 Å². The second-order valence-electron chi connectivity index (χ2n) is 15.1. The van der Waals surface area contributed by atoms with Crippen LogP contribution in [0.5, 0.6) is 0 Å². The average Bonchev–Trinajstić information content (AvgIpc) is 3.84. The lowest BCUT2D eigenvalue weighted by Crippen LogP contribution is -2.41. The first-order chi connectivity index (χ1) is 25.9. The molecule has 4 aliphatic rings. The predicted octanol–water partition coefficient (Wildman–Crippen LogP) is 4.77. The molecule has 55 heavy (non-hydrogen) atoms. The SMILES string of the molecule is CC(CN1C(=O)C=CC1=O)CC(C)(C)CN1C(=O)C=CC1=O.CCc1cc(N2C(=O)C=CC2=O)cc(C)c1Cc1c(C)cc(N2C(=O)C=CC2=O)cc1CC. The lowest BCUT2D eigenvalue weighted by atomic mass is 9.82. The Morgan fingerprint density at radius 1 is 0.527 bits per heavy atom. The van der Waals surface area contributed by atoms with Crippen LogP contribution >= 0.6 is 0 Å². The van der Waals surface area contributed by atoms with Gasteiger partial charge in [0.2, 0.25) is 0 Å². The van der Waals surface area contributed by atoms with Crippen LogP contribution in [0.25, 0.3) is 0 Å². The molecule has 0 radical (unpaired) electrons. The van der Waals surface area contributed by atoms with Gasteiger partial charge in [0.05, 0.1) is 11.4 Å². The summed E-state index contributed by atoms with van der Waals surface area (Å²) >= 11 is 0. The summed E-state index contributed by atoms with van der Waals surface area (Å²) < 4.78 is 0. The summed E-state index contributed by atoms with van der Waals surface area (Å²) in [7, 11) is 0. The van der Waals surface area contributed by atoms with Gasteiger partial charge in [-0.2, -0.15) is 0 Å². The zero-order chi connectivity index (χ0) is 40.4. The number of hydrogen-bond donors (Lipinski definition) is 0. The van der Waals surface area contributed by atoms with Gasteiger partial charge in [0.1, 0.15) is 0 Å². The van der Waals surface area contributed by atoms with E-state index in [1.165, 1.54) is 68.2 Å². The third-order valence-electron chi connectivity index (χ3n) is 10.1. The maximum atomic E-state index is 12.1. The van der Waals surface area contributed by atoms with Crippen LogP contribution in [-0.2, 0) is 57.6 Å². The van der Waals surface area contributed by atoms with Gasteiger partial charge in [0, 0.05) is 61.7 Å². The van der Waals surface area contributed by atoms with Crippen LogP contribution < -0.4 is 9.80 Å². The number of carbonyl (C=O) groups is 8. The van der Waals surface area contributed by atoms with Crippen molar-refractivity contribution in [2.45, 2.75) is 74.1 Å². The van der Waals surface area contributed by atoms with Crippen LogP contribution in [0.1, 0.15) is 74.4 Å². The van der Waals surface area contributed by atoms with Crippen molar-refractivity contribution in [3.8, 4) is 0 Å². The first-order valence-corrected chi connectivity index (χ1v) is 18.4. The van der Waals surface area contributed by atoms with Gasteiger partial charge in [-0.15, -0.1) is 0 Å². The molecular weight excluding hydrogens is 700 g/mol. The van der Waals surface area contributed by atoms with Crippen LogP contribution in [0.3, 0.4) is 0 Å². The van der Waals surface area contributed by atoms with E-state index in [1.54, 1.807) is 0 Å². The molecule has 2 aromatic carbocycles. The summed E-state index contributed by atoms with van der Waals surface area (Å²) in [6.45, 7) is 14.7. The minimum absolute atomic E-state index is 0.0727. The standard InChI is InChI=1S/C27H26N2O4.C16H20N2O4/c1-5-18-13-20(28-24(30)7-8-25(28)31)11-16(3)22(18)15-23-17(4)12-21(14-19(23)6-2)29-26(32)9-10-27(29)33;1-11(9-17-12(19)4-5-13(17)20)8-16(2,3)10-18-14(21)6-7-15(18)22/h7-14H,5-6,15H2,1-4H3;4-7,11H,8-10H2,1-3H3. The van der Waals surface area contributed by atoms with Gasteiger partial charge in [0.25, 0.3) is 47.3 Å². The zero-order valence-corrected chi connectivity index (χ0v) is 32.3. The lowest BCUT2D eigenvalue weighted by molar-refractivity contribution is -0.138. The van der Waals surface area contributed by atoms with Gasteiger partial charge in [-0.05, 0) is 109 Å². The molecule has 0 aliphatic carbocycles. The molecule has 286 valence electrons. The molecule has 12 heteroatoms. The molecule has 4 heterocycles. The molecule has 0 spiro atoms. The topological polar surface area (TPSA) is 150 Å². The molecule has 2 aromatic rings. The molecule has 0 bridgehead atoms. The van der Waals surface area contributed by atoms with Crippen LogP contribution in [-0.4, -0.2) is 70.1 Å². The third kappa shape index (κ3) is 8.69. The molecule has 0 saturated carbocycles. The van der Waals surface area contributed by atoms with Crippen molar-refractivity contribution in [2.24, 2.45) is 11.3 Å². The first-order valence-electron chi connectivity index (χ1n) is 18.4. The largest absolute Gasteiger partial charge is 0.275 e. The van der Waals surface area contributed by atoms with E-state index in [0.29, 0.717) is 37.3 Å². The van der Waals surface area contributed by atoms with Gasteiger partial charge in [0.15, 0.2) is 0 Å². The maximum absolute atomic E-state index is 12.1. The fourth-order valence-corrected chi connectivity index (χ4v) is 7.63. The first kappa shape index (κ1) is 40.2. The van der Waals surface area contributed by atoms with Crippen molar-refractivity contribution in [1.29, 1.82) is 0 Å². The van der Waals surface area contributed by atoms with Crippen LogP contribution in [0.15, 0.2) is 72.9 Å². The quantitative estimate of drug-likeness (QED) is 0.282. The highest BCUT2D eigenvalue weighted by Crippen LogP contribution is 2.33. The fraction of sp³-hybridized carbons (Fsp3) is 0.349. The Morgan fingerprint density at radius 2 is 0.873 bits per heavy atom. The van der Waals surface area contributed by atoms with Crippen molar-refractivity contribution in [3.05, 3.63) is 106 Å². The number of carbonyl (C=O) groups excluding carboxylic acids is 8. The van der Waals surface area contributed by atoms with Gasteiger partial charge < -0.3 is 0 Å². The van der Waals surface area contributed by atoms with Crippen molar-refractivity contribution < 1.29 is 38.4 Å². The summed E-state index contributed by atoms with van der Waals surface area (Å²) in [5.74, 6) is -2.39. The van der Waals surface area contributed by atoms with Crippen molar-refractivity contribution in [2.75, 3.05) is 22.9 Å². The monoisotopic (exact) mass is 746 g/mol. The van der Waals surface area contributed by atoms with Gasteiger partial charge in [-0.1, -0.05) is 34.6 Å². The lowest BCUT2D eigenvalue weighted by Gasteiger charge is -2.32. The number of imide groups is 4. The predicted molar refractivity (Wildman–Crippen MR) is 206 cm³/mol. The minimum Gasteiger partial charge on any atom is -0.275 e. The number of rotatable bonds is 12. The van der Waals surface area contributed by atoms with Crippen LogP contribution in [0.2, 0.25) is 0 Å². The van der Waals surface area contributed by atoms with E-state index >= 15 is 0 Å². The Kier molecular flexibility index (Phi) is 11.8. The number of hydrogen-bond acceptors (Lipinski definition) is 8. The number of aryl methyl sites for hydroxylation is 4. The second kappa shape index (κ2) is 16.1. The van der Waals surface area contributed by atoms with Crippen molar-refractivity contribution >= 4 is 58.6 Å². The van der Waals surface area contributed by atoms with Crippen molar-refractivity contribution in [1.82, 2.24) is 9.80 Å². The Morgan fingerprint density at radius 3 is 1.24 bits per heavy atom. The highest BCUT2D eigenvalue weighted by Gasteiger charge is 2.33. The summed E-state index contributed by atoms with van der Waals surface area (Å²) in [5, 5.41) is 0. The Bertz CT molecular complexity index is 1970. The second-order valence-corrected chi connectivity index (χ2v) is 15.1. The Hall–Kier alpha value is -6.04.